The second kappa shape index (κ2) is 5.52. The van der Waals surface area contributed by atoms with Gasteiger partial charge >= 0.3 is 0 Å². The van der Waals surface area contributed by atoms with Crippen LogP contribution in [0.25, 0.3) is 0 Å². The van der Waals surface area contributed by atoms with Crippen molar-refractivity contribution >= 4 is 10.0 Å². The predicted octanol–water partition coefficient (Wildman–Crippen LogP) is 1.37. The molecular formula is C12H16F2N2O2S. The summed E-state index contributed by atoms with van der Waals surface area (Å²) in [4.78, 5) is -0.626. The number of benzene rings is 1. The van der Waals surface area contributed by atoms with Crippen molar-refractivity contribution in [2.75, 3.05) is 13.6 Å². The van der Waals surface area contributed by atoms with E-state index in [0.717, 1.165) is 25.0 Å². The van der Waals surface area contributed by atoms with Gasteiger partial charge in [0.25, 0.3) is 0 Å². The van der Waals surface area contributed by atoms with Crippen molar-refractivity contribution in [1.82, 2.24) is 10.0 Å². The van der Waals surface area contributed by atoms with E-state index < -0.39 is 26.6 Å². The molecule has 1 aromatic carbocycles. The Bertz CT molecular complexity index is 571. The van der Waals surface area contributed by atoms with Gasteiger partial charge in [0.2, 0.25) is 10.0 Å². The third-order valence-corrected chi connectivity index (χ3v) is 4.41. The molecule has 0 aromatic heterocycles. The van der Waals surface area contributed by atoms with E-state index in [1.807, 2.05) is 0 Å². The van der Waals surface area contributed by atoms with Crippen molar-refractivity contribution in [3.05, 3.63) is 29.3 Å². The quantitative estimate of drug-likeness (QED) is 0.832. The van der Waals surface area contributed by atoms with Gasteiger partial charge in [0.1, 0.15) is 4.90 Å². The average molecular weight is 290 g/mol. The van der Waals surface area contributed by atoms with Crippen LogP contribution in [-0.2, 0) is 16.6 Å². The van der Waals surface area contributed by atoms with Crippen LogP contribution in [0.4, 0.5) is 8.78 Å². The summed E-state index contributed by atoms with van der Waals surface area (Å²) in [6.45, 7) is 0.544. The van der Waals surface area contributed by atoms with Gasteiger partial charge in [-0.2, -0.15) is 0 Å². The van der Waals surface area contributed by atoms with E-state index in [9.17, 15) is 17.2 Å². The molecular weight excluding hydrogens is 274 g/mol. The molecule has 0 aliphatic heterocycles. The van der Waals surface area contributed by atoms with Crippen LogP contribution in [0.15, 0.2) is 17.0 Å². The first-order valence-corrected chi connectivity index (χ1v) is 7.54. The number of sulfonamides is 1. The van der Waals surface area contributed by atoms with Gasteiger partial charge in [-0.15, -0.1) is 0 Å². The highest BCUT2D eigenvalue weighted by Crippen LogP contribution is 2.28. The summed E-state index contributed by atoms with van der Waals surface area (Å²) >= 11 is 0. The Balaban J connectivity index is 2.30. The third kappa shape index (κ3) is 3.49. The second-order valence-corrected chi connectivity index (χ2v) is 6.45. The Morgan fingerprint density at radius 2 is 2.00 bits per heavy atom. The number of hydrogen-bond donors (Lipinski definition) is 2. The summed E-state index contributed by atoms with van der Waals surface area (Å²) in [5, 5.41) is 2.77. The highest BCUT2D eigenvalue weighted by atomic mass is 32.2. The van der Waals surface area contributed by atoms with Crippen LogP contribution < -0.4 is 10.0 Å². The molecule has 1 saturated carbocycles. The molecule has 1 aliphatic rings. The molecule has 0 amide bonds. The molecule has 19 heavy (non-hydrogen) atoms. The van der Waals surface area contributed by atoms with Crippen LogP contribution in [0.2, 0.25) is 0 Å². The van der Waals surface area contributed by atoms with Crippen LogP contribution in [-0.4, -0.2) is 22.0 Å². The molecule has 2 N–H and O–H groups in total. The molecule has 2 rings (SSSR count). The summed E-state index contributed by atoms with van der Waals surface area (Å²) < 4.78 is 53.3. The van der Waals surface area contributed by atoms with E-state index in [1.54, 1.807) is 7.05 Å². The van der Waals surface area contributed by atoms with Gasteiger partial charge in [0, 0.05) is 13.1 Å². The highest BCUT2D eigenvalue weighted by Gasteiger charge is 2.27. The molecule has 1 fully saturated rings. The molecule has 4 nitrogen and oxygen atoms in total. The van der Waals surface area contributed by atoms with Crippen LogP contribution in [0, 0.1) is 17.6 Å². The van der Waals surface area contributed by atoms with E-state index >= 15 is 0 Å². The lowest BCUT2D eigenvalue weighted by Crippen LogP contribution is -2.27. The fourth-order valence-electron chi connectivity index (χ4n) is 1.75. The maximum absolute atomic E-state index is 13.6. The van der Waals surface area contributed by atoms with Gasteiger partial charge in [0.05, 0.1) is 0 Å². The molecule has 1 aliphatic carbocycles. The standard InChI is InChI=1S/C12H16F2N2O2S/c1-15-6-9-4-10(13)12(14)11(5-9)19(17,18)16-7-8-2-3-8/h4-5,8,15-16H,2-3,6-7H2,1H3. The van der Waals surface area contributed by atoms with Crippen LogP contribution in [0.1, 0.15) is 18.4 Å². The van der Waals surface area contributed by atoms with Crippen molar-refractivity contribution in [3.8, 4) is 0 Å². The normalized spacial score (nSPS) is 15.7. The monoisotopic (exact) mass is 290 g/mol. The Morgan fingerprint density at radius 3 is 2.58 bits per heavy atom. The molecule has 106 valence electrons. The average Bonchev–Trinajstić information content (AvgIpc) is 3.15. The fraction of sp³-hybridized carbons (Fsp3) is 0.500. The van der Waals surface area contributed by atoms with E-state index in [4.69, 9.17) is 0 Å². The lowest BCUT2D eigenvalue weighted by Gasteiger charge is -2.10. The van der Waals surface area contributed by atoms with Gasteiger partial charge in [0.15, 0.2) is 11.6 Å². The van der Waals surface area contributed by atoms with E-state index in [-0.39, 0.29) is 13.1 Å². The summed E-state index contributed by atoms with van der Waals surface area (Å²) in [5.74, 6) is -2.16. The Morgan fingerprint density at radius 1 is 1.32 bits per heavy atom. The van der Waals surface area contributed by atoms with Gasteiger partial charge in [-0.3, -0.25) is 0 Å². The van der Waals surface area contributed by atoms with Gasteiger partial charge in [-0.1, -0.05) is 0 Å². The zero-order chi connectivity index (χ0) is 14.0. The minimum absolute atomic E-state index is 0.266. The Labute approximate surface area is 111 Å². The third-order valence-electron chi connectivity index (χ3n) is 2.98. The van der Waals surface area contributed by atoms with Gasteiger partial charge in [-0.05, 0) is 43.5 Å². The number of rotatable bonds is 6. The maximum atomic E-state index is 13.6. The van der Waals surface area contributed by atoms with Crippen molar-refractivity contribution < 1.29 is 17.2 Å². The molecule has 0 radical (unpaired) electrons. The number of nitrogens with one attached hydrogen (secondary N) is 2. The maximum Gasteiger partial charge on any atom is 0.243 e. The lowest BCUT2D eigenvalue weighted by molar-refractivity contribution is 0.480. The molecule has 0 atom stereocenters. The summed E-state index contributed by atoms with van der Waals surface area (Å²) in [7, 11) is -2.36. The van der Waals surface area contributed by atoms with Crippen molar-refractivity contribution in [2.24, 2.45) is 5.92 Å². The topological polar surface area (TPSA) is 58.2 Å². The van der Waals surface area contributed by atoms with Crippen molar-refractivity contribution in [2.45, 2.75) is 24.3 Å². The van der Waals surface area contributed by atoms with Crippen LogP contribution >= 0.6 is 0 Å². The largest absolute Gasteiger partial charge is 0.316 e. The lowest BCUT2D eigenvalue weighted by atomic mass is 10.2. The molecule has 0 unspecified atom stereocenters. The molecule has 7 heteroatoms. The smallest absolute Gasteiger partial charge is 0.243 e. The van der Waals surface area contributed by atoms with E-state index in [2.05, 4.69) is 10.0 Å². The Kier molecular flexibility index (Phi) is 4.17. The molecule has 0 heterocycles. The summed E-state index contributed by atoms with van der Waals surface area (Å²) in [5.41, 5.74) is 0.383. The van der Waals surface area contributed by atoms with E-state index in [1.165, 1.54) is 0 Å². The minimum atomic E-state index is -4.00. The molecule has 0 saturated heterocycles. The number of halogens is 2. The van der Waals surface area contributed by atoms with Crippen molar-refractivity contribution in [1.29, 1.82) is 0 Å². The first kappa shape index (κ1) is 14.4. The first-order chi connectivity index (χ1) is 8.94. The second-order valence-electron chi connectivity index (χ2n) is 4.72. The predicted molar refractivity (Wildman–Crippen MR) is 67.0 cm³/mol. The first-order valence-electron chi connectivity index (χ1n) is 6.06. The molecule has 0 bridgehead atoms. The zero-order valence-electron chi connectivity index (χ0n) is 10.5. The van der Waals surface area contributed by atoms with Gasteiger partial charge < -0.3 is 5.32 Å². The number of hydrogen-bond acceptors (Lipinski definition) is 3. The van der Waals surface area contributed by atoms with Crippen LogP contribution in [0.5, 0.6) is 0 Å². The molecule has 0 spiro atoms. The fourth-order valence-corrected chi connectivity index (χ4v) is 3.00. The highest BCUT2D eigenvalue weighted by molar-refractivity contribution is 7.89. The minimum Gasteiger partial charge on any atom is -0.316 e. The SMILES string of the molecule is CNCc1cc(F)c(F)c(S(=O)(=O)NCC2CC2)c1. The Hall–Kier alpha value is -1.05. The van der Waals surface area contributed by atoms with E-state index in [0.29, 0.717) is 11.5 Å². The zero-order valence-corrected chi connectivity index (χ0v) is 11.4. The molecule has 1 aromatic rings. The summed E-state index contributed by atoms with van der Waals surface area (Å²) in [6.07, 6.45) is 1.94. The van der Waals surface area contributed by atoms with Crippen molar-refractivity contribution in [3.63, 3.8) is 0 Å². The van der Waals surface area contributed by atoms with Crippen LogP contribution in [0.3, 0.4) is 0 Å². The summed E-state index contributed by atoms with van der Waals surface area (Å²) in [6, 6.07) is 2.15. The van der Waals surface area contributed by atoms with Gasteiger partial charge in [-0.25, -0.2) is 21.9 Å².